The summed E-state index contributed by atoms with van der Waals surface area (Å²) in [4.78, 5) is 23.5. The summed E-state index contributed by atoms with van der Waals surface area (Å²) in [6, 6.07) is 1.67. The van der Waals surface area contributed by atoms with Crippen molar-refractivity contribution in [1.29, 1.82) is 0 Å². The number of carbonyl (C=O) groups is 2. The summed E-state index contributed by atoms with van der Waals surface area (Å²) in [7, 11) is 0. The third-order valence-corrected chi connectivity index (χ3v) is 2.88. The van der Waals surface area contributed by atoms with Crippen molar-refractivity contribution in [2.45, 2.75) is 25.9 Å². The molecule has 7 nitrogen and oxygen atoms in total. The Kier molecular flexibility index (Phi) is 6.99. The highest BCUT2D eigenvalue weighted by molar-refractivity contribution is 5.97. The van der Waals surface area contributed by atoms with Crippen molar-refractivity contribution in [1.82, 2.24) is 10.8 Å². The molecule has 0 aliphatic carbocycles. The predicted molar refractivity (Wildman–Crippen MR) is 80.2 cm³/mol. The molecule has 23 heavy (non-hydrogen) atoms. The molecule has 0 saturated heterocycles. The standard InChI is InChI=1S/C15H18FN3O4/c1-3-4-7-23-10-5-6-11(12(16)8-10)14(20)18-13(9(2)17)15(21)19-22/h5-6,8-9,13,22H,7,17H2,1-2H3,(H,18,20)(H,19,21)/t9-,13+/m1/s1. The van der Waals surface area contributed by atoms with Gasteiger partial charge in [-0.1, -0.05) is 5.92 Å². The van der Waals surface area contributed by atoms with Gasteiger partial charge in [0.05, 0.1) is 5.56 Å². The van der Waals surface area contributed by atoms with E-state index < -0.39 is 29.7 Å². The van der Waals surface area contributed by atoms with Gasteiger partial charge in [-0.25, -0.2) is 9.87 Å². The van der Waals surface area contributed by atoms with E-state index in [1.54, 1.807) is 6.92 Å². The van der Waals surface area contributed by atoms with Crippen LogP contribution in [0.25, 0.3) is 0 Å². The number of benzene rings is 1. The summed E-state index contributed by atoms with van der Waals surface area (Å²) >= 11 is 0. The predicted octanol–water partition coefficient (Wildman–Crippen LogP) is 0.179. The van der Waals surface area contributed by atoms with Gasteiger partial charge in [-0.15, -0.1) is 5.92 Å². The van der Waals surface area contributed by atoms with Gasteiger partial charge in [0, 0.05) is 12.1 Å². The molecule has 0 radical (unpaired) electrons. The summed E-state index contributed by atoms with van der Waals surface area (Å²) < 4.78 is 19.2. The summed E-state index contributed by atoms with van der Waals surface area (Å²) in [5.74, 6) is 2.95. The minimum Gasteiger partial charge on any atom is -0.481 e. The van der Waals surface area contributed by atoms with Crippen molar-refractivity contribution in [3.05, 3.63) is 29.6 Å². The number of nitrogens with two attached hydrogens (primary N) is 1. The SMILES string of the molecule is CC#CCOc1ccc(C(=O)N[C@H](C(=O)NO)[C@@H](C)N)c(F)c1. The highest BCUT2D eigenvalue weighted by Gasteiger charge is 2.25. The zero-order valence-corrected chi connectivity index (χ0v) is 12.7. The molecule has 0 unspecified atom stereocenters. The number of hydrogen-bond donors (Lipinski definition) is 4. The number of hydroxylamine groups is 1. The van der Waals surface area contributed by atoms with Crippen molar-refractivity contribution < 1.29 is 23.9 Å². The van der Waals surface area contributed by atoms with Crippen LogP contribution in [0.3, 0.4) is 0 Å². The topological polar surface area (TPSA) is 114 Å². The van der Waals surface area contributed by atoms with E-state index in [0.717, 1.165) is 6.07 Å². The number of halogens is 1. The van der Waals surface area contributed by atoms with Crippen LogP contribution in [-0.2, 0) is 4.79 Å². The Balaban J connectivity index is 2.86. The molecule has 2 atom stereocenters. The maximum atomic E-state index is 14.0. The average Bonchev–Trinajstić information content (AvgIpc) is 2.51. The first-order chi connectivity index (χ1) is 10.9. The molecular weight excluding hydrogens is 305 g/mol. The second-order valence-electron chi connectivity index (χ2n) is 4.64. The molecule has 0 bridgehead atoms. The Morgan fingerprint density at radius 2 is 2.17 bits per heavy atom. The maximum absolute atomic E-state index is 14.0. The van der Waals surface area contributed by atoms with Crippen LogP contribution in [-0.4, -0.2) is 35.7 Å². The average molecular weight is 323 g/mol. The van der Waals surface area contributed by atoms with Crippen molar-refractivity contribution in [2.75, 3.05) is 6.61 Å². The summed E-state index contributed by atoms with van der Waals surface area (Å²) in [6.45, 7) is 3.21. The lowest BCUT2D eigenvalue weighted by Crippen LogP contribution is -2.54. The summed E-state index contributed by atoms with van der Waals surface area (Å²) in [5.41, 5.74) is 6.67. The molecule has 5 N–H and O–H groups in total. The fourth-order valence-corrected chi connectivity index (χ4v) is 1.69. The van der Waals surface area contributed by atoms with Gasteiger partial charge in [0.1, 0.15) is 24.2 Å². The first-order valence-electron chi connectivity index (χ1n) is 6.73. The number of carbonyl (C=O) groups excluding carboxylic acids is 2. The van der Waals surface area contributed by atoms with E-state index in [9.17, 15) is 14.0 Å². The molecule has 1 aromatic rings. The third kappa shape index (κ3) is 5.25. The molecule has 2 amide bonds. The lowest BCUT2D eigenvalue weighted by atomic mass is 10.1. The van der Waals surface area contributed by atoms with Crippen molar-refractivity contribution >= 4 is 11.8 Å². The van der Waals surface area contributed by atoms with Crippen LogP contribution in [0, 0.1) is 17.7 Å². The number of ether oxygens (including phenoxy) is 1. The highest BCUT2D eigenvalue weighted by atomic mass is 19.1. The van der Waals surface area contributed by atoms with E-state index in [4.69, 9.17) is 15.7 Å². The Morgan fingerprint density at radius 3 is 2.70 bits per heavy atom. The maximum Gasteiger partial charge on any atom is 0.267 e. The van der Waals surface area contributed by atoms with Gasteiger partial charge in [0.15, 0.2) is 0 Å². The normalized spacial score (nSPS) is 12.4. The molecule has 0 heterocycles. The van der Waals surface area contributed by atoms with Crippen molar-refractivity contribution in [2.24, 2.45) is 5.73 Å². The van der Waals surface area contributed by atoms with E-state index in [-0.39, 0.29) is 17.9 Å². The molecule has 1 rings (SSSR count). The molecule has 1 aromatic carbocycles. The van der Waals surface area contributed by atoms with Gasteiger partial charge < -0.3 is 15.8 Å². The van der Waals surface area contributed by atoms with Gasteiger partial charge >= 0.3 is 0 Å². The zero-order valence-electron chi connectivity index (χ0n) is 12.7. The number of rotatable bonds is 6. The highest BCUT2D eigenvalue weighted by Crippen LogP contribution is 2.17. The lowest BCUT2D eigenvalue weighted by Gasteiger charge is -2.20. The number of amides is 2. The number of hydrogen-bond acceptors (Lipinski definition) is 5. The largest absolute Gasteiger partial charge is 0.481 e. The minimum absolute atomic E-state index is 0.102. The van der Waals surface area contributed by atoms with Crippen LogP contribution in [0.5, 0.6) is 5.75 Å². The fraction of sp³-hybridized carbons (Fsp3) is 0.333. The second-order valence-corrected chi connectivity index (χ2v) is 4.64. The van der Waals surface area contributed by atoms with Crippen LogP contribution < -0.4 is 21.3 Å². The van der Waals surface area contributed by atoms with Crippen LogP contribution in [0.1, 0.15) is 24.2 Å². The molecule has 0 aromatic heterocycles. The van der Waals surface area contributed by atoms with E-state index in [1.165, 1.54) is 24.5 Å². The molecule has 0 spiro atoms. The van der Waals surface area contributed by atoms with Crippen LogP contribution >= 0.6 is 0 Å². The van der Waals surface area contributed by atoms with Crippen LogP contribution in [0.4, 0.5) is 4.39 Å². The molecule has 0 saturated carbocycles. The Hall–Kier alpha value is -2.63. The van der Waals surface area contributed by atoms with Crippen molar-refractivity contribution in [3.63, 3.8) is 0 Å². The summed E-state index contributed by atoms with van der Waals surface area (Å²) in [5, 5.41) is 10.9. The molecule has 0 aliphatic rings. The molecule has 0 aliphatic heterocycles. The van der Waals surface area contributed by atoms with E-state index in [1.807, 2.05) is 0 Å². The lowest BCUT2D eigenvalue weighted by molar-refractivity contribution is -0.131. The van der Waals surface area contributed by atoms with Gasteiger partial charge in [-0.2, -0.15) is 0 Å². The molecular formula is C15H18FN3O4. The van der Waals surface area contributed by atoms with Gasteiger partial charge in [-0.05, 0) is 26.0 Å². The van der Waals surface area contributed by atoms with Crippen LogP contribution in [0.15, 0.2) is 18.2 Å². The zero-order chi connectivity index (χ0) is 17.4. The molecule has 8 heteroatoms. The van der Waals surface area contributed by atoms with Crippen molar-refractivity contribution in [3.8, 4) is 17.6 Å². The summed E-state index contributed by atoms with van der Waals surface area (Å²) in [6.07, 6.45) is 0. The Bertz CT molecular complexity index is 637. The smallest absolute Gasteiger partial charge is 0.267 e. The van der Waals surface area contributed by atoms with Gasteiger partial charge in [0.2, 0.25) is 0 Å². The van der Waals surface area contributed by atoms with Gasteiger partial charge in [0.25, 0.3) is 11.8 Å². The Morgan fingerprint density at radius 1 is 1.48 bits per heavy atom. The quantitative estimate of drug-likeness (QED) is 0.339. The van der Waals surface area contributed by atoms with Gasteiger partial charge in [-0.3, -0.25) is 14.8 Å². The van der Waals surface area contributed by atoms with E-state index >= 15 is 0 Å². The minimum atomic E-state index is -1.21. The molecule has 124 valence electrons. The van der Waals surface area contributed by atoms with E-state index in [0.29, 0.717) is 0 Å². The molecule has 0 fully saturated rings. The van der Waals surface area contributed by atoms with Crippen LogP contribution in [0.2, 0.25) is 0 Å². The van der Waals surface area contributed by atoms with E-state index in [2.05, 4.69) is 17.2 Å². The fourth-order valence-electron chi connectivity index (χ4n) is 1.69. The Labute approximate surface area is 133 Å². The number of nitrogens with one attached hydrogen (secondary N) is 2. The first kappa shape index (κ1) is 18.4. The monoisotopic (exact) mass is 323 g/mol. The first-order valence-corrected chi connectivity index (χ1v) is 6.73. The third-order valence-electron chi connectivity index (χ3n) is 2.88. The second kappa shape index (κ2) is 8.73.